The zero-order chi connectivity index (χ0) is 9.10. The lowest BCUT2D eigenvalue weighted by Gasteiger charge is -1.99. The van der Waals surface area contributed by atoms with E-state index in [1.807, 2.05) is 0 Å². The van der Waals surface area contributed by atoms with Gasteiger partial charge in [-0.2, -0.15) is 4.39 Å². The highest BCUT2D eigenvalue weighted by atomic mass is 32.1. The predicted molar refractivity (Wildman–Crippen MR) is 45.2 cm³/mol. The second-order valence-electron chi connectivity index (χ2n) is 2.19. The number of pyridine rings is 1. The van der Waals surface area contributed by atoms with Crippen molar-refractivity contribution >= 4 is 11.3 Å². The number of thiazole rings is 1. The quantitative estimate of drug-likeness (QED) is 0.689. The molecule has 0 saturated carbocycles. The Morgan fingerprint density at radius 2 is 2.31 bits per heavy atom. The Labute approximate surface area is 77.8 Å². The van der Waals surface area contributed by atoms with Gasteiger partial charge in [0.1, 0.15) is 5.75 Å². The molecule has 0 aliphatic heterocycles. The maximum Gasteiger partial charge on any atom is 0.213 e. The molecule has 0 atom stereocenters. The summed E-state index contributed by atoms with van der Waals surface area (Å²) in [6, 6.07) is 2.74. The van der Waals surface area contributed by atoms with E-state index < -0.39 is 5.95 Å². The van der Waals surface area contributed by atoms with Crippen molar-refractivity contribution in [2.75, 3.05) is 0 Å². The molecular formula is C8H4FN2OS. The maximum absolute atomic E-state index is 12.4. The van der Waals surface area contributed by atoms with Crippen molar-refractivity contribution in [3.63, 3.8) is 0 Å². The molecule has 0 saturated heterocycles. The van der Waals surface area contributed by atoms with E-state index in [1.54, 1.807) is 0 Å². The first-order valence-electron chi connectivity index (χ1n) is 3.46. The minimum Gasteiger partial charge on any atom is -0.443 e. The van der Waals surface area contributed by atoms with Crippen LogP contribution >= 0.6 is 11.3 Å². The molecule has 0 bridgehead atoms. The van der Waals surface area contributed by atoms with Crippen LogP contribution in [-0.2, 0) is 0 Å². The van der Waals surface area contributed by atoms with E-state index in [0.29, 0.717) is 10.8 Å². The lowest BCUT2D eigenvalue weighted by molar-refractivity contribution is 0.486. The summed E-state index contributed by atoms with van der Waals surface area (Å²) in [4.78, 5) is 7.15. The van der Waals surface area contributed by atoms with Crippen molar-refractivity contribution in [3.05, 3.63) is 36.0 Å². The average molecular weight is 195 g/mol. The molecule has 2 aromatic rings. The number of ether oxygens (including phenoxy) is 1. The van der Waals surface area contributed by atoms with E-state index in [9.17, 15) is 4.39 Å². The van der Waals surface area contributed by atoms with E-state index in [1.165, 1.54) is 35.9 Å². The first-order valence-corrected chi connectivity index (χ1v) is 4.27. The fraction of sp³-hybridized carbons (Fsp3) is 0. The Morgan fingerprint density at radius 3 is 2.92 bits per heavy atom. The molecular weight excluding hydrogens is 191 g/mol. The largest absolute Gasteiger partial charge is 0.443 e. The van der Waals surface area contributed by atoms with Crippen LogP contribution in [0.15, 0.2) is 24.5 Å². The van der Waals surface area contributed by atoms with Crippen LogP contribution in [0, 0.1) is 11.5 Å². The summed E-state index contributed by atoms with van der Waals surface area (Å²) >= 11 is 1.24. The lowest BCUT2D eigenvalue weighted by atomic mass is 10.5. The van der Waals surface area contributed by atoms with Crippen LogP contribution in [0.25, 0.3) is 0 Å². The topological polar surface area (TPSA) is 35.0 Å². The van der Waals surface area contributed by atoms with Gasteiger partial charge in [-0.25, -0.2) is 9.97 Å². The maximum atomic E-state index is 12.4. The fourth-order valence-electron chi connectivity index (χ4n) is 0.763. The number of halogens is 1. The minimum atomic E-state index is -0.525. The van der Waals surface area contributed by atoms with E-state index >= 15 is 0 Å². The number of aromatic nitrogens is 2. The van der Waals surface area contributed by atoms with Gasteiger partial charge in [0.2, 0.25) is 11.0 Å². The van der Waals surface area contributed by atoms with Gasteiger partial charge in [0.05, 0.1) is 12.4 Å². The SMILES string of the molecule is Fc1ccc(Oc2cn[c]s2)cn1. The van der Waals surface area contributed by atoms with Crippen LogP contribution in [-0.4, -0.2) is 9.97 Å². The highest BCUT2D eigenvalue weighted by Gasteiger charge is 1.99. The fourth-order valence-corrected chi connectivity index (χ4v) is 1.20. The Balaban J connectivity index is 2.15. The van der Waals surface area contributed by atoms with Gasteiger partial charge in [-0.3, -0.25) is 0 Å². The normalized spacial score (nSPS) is 9.92. The summed E-state index contributed by atoms with van der Waals surface area (Å²) in [5, 5.41) is 0.605. The second-order valence-corrected chi connectivity index (χ2v) is 2.98. The molecule has 1 radical (unpaired) electrons. The van der Waals surface area contributed by atoms with Gasteiger partial charge in [0, 0.05) is 0 Å². The summed E-state index contributed by atoms with van der Waals surface area (Å²) in [5.74, 6) is -0.0396. The minimum absolute atomic E-state index is 0.485. The third-order valence-electron chi connectivity index (χ3n) is 1.29. The number of hydrogen-bond donors (Lipinski definition) is 0. The van der Waals surface area contributed by atoms with Crippen molar-refractivity contribution < 1.29 is 9.13 Å². The van der Waals surface area contributed by atoms with Gasteiger partial charge >= 0.3 is 0 Å². The first-order chi connectivity index (χ1) is 6.34. The van der Waals surface area contributed by atoms with E-state index in [2.05, 4.69) is 15.5 Å². The molecule has 0 N–H and O–H groups in total. The monoisotopic (exact) mass is 195 g/mol. The Hall–Kier alpha value is -1.49. The van der Waals surface area contributed by atoms with Crippen LogP contribution in [0.2, 0.25) is 0 Å². The summed E-state index contributed by atoms with van der Waals surface area (Å²) in [7, 11) is 0. The smallest absolute Gasteiger partial charge is 0.213 e. The molecule has 2 rings (SSSR count). The number of hydrogen-bond acceptors (Lipinski definition) is 4. The van der Waals surface area contributed by atoms with E-state index in [-0.39, 0.29) is 0 Å². The molecule has 13 heavy (non-hydrogen) atoms. The van der Waals surface area contributed by atoms with E-state index in [4.69, 9.17) is 4.74 Å². The summed E-state index contributed by atoms with van der Waals surface area (Å²) in [5.41, 5.74) is 2.63. The van der Waals surface area contributed by atoms with Crippen molar-refractivity contribution in [2.45, 2.75) is 0 Å². The van der Waals surface area contributed by atoms with Crippen LogP contribution in [0.3, 0.4) is 0 Å². The van der Waals surface area contributed by atoms with Gasteiger partial charge in [-0.15, -0.1) is 0 Å². The van der Waals surface area contributed by atoms with Crippen molar-refractivity contribution in [1.29, 1.82) is 0 Å². The number of nitrogens with zero attached hydrogens (tertiary/aromatic N) is 2. The molecule has 0 aliphatic rings. The lowest BCUT2D eigenvalue weighted by Crippen LogP contribution is -1.84. The third kappa shape index (κ3) is 2.00. The molecule has 0 spiro atoms. The van der Waals surface area contributed by atoms with Crippen molar-refractivity contribution in [1.82, 2.24) is 9.97 Å². The Kier molecular flexibility index (Phi) is 2.18. The first kappa shape index (κ1) is 8.12. The van der Waals surface area contributed by atoms with Crippen LogP contribution < -0.4 is 4.74 Å². The molecule has 0 aromatic carbocycles. The standard InChI is InChI=1S/C8H4FN2OS/c9-7-2-1-6(3-11-7)12-8-4-10-5-13-8/h1-4H. The molecule has 2 heterocycles. The zero-order valence-electron chi connectivity index (χ0n) is 6.40. The molecule has 0 aliphatic carbocycles. The van der Waals surface area contributed by atoms with E-state index in [0.717, 1.165) is 0 Å². The highest BCUT2D eigenvalue weighted by molar-refractivity contribution is 7.11. The van der Waals surface area contributed by atoms with Crippen molar-refractivity contribution in [3.8, 4) is 10.8 Å². The second kappa shape index (κ2) is 3.49. The van der Waals surface area contributed by atoms with Crippen molar-refractivity contribution in [2.24, 2.45) is 0 Å². The molecule has 0 amide bonds. The van der Waals surface area contributed by atoms with Gasteiger partial charge in [0.25, 0.3) is 0 Å². The summed E-state index contributed by atoms with van der Waals surface area (Å²) in [6.45, 7) is 0. The third-order valence-corrected chi connectivity index (χ3v) is 1.87. The Bertz CT molecular complexity index is 374. The molecule has 65 valence electrons. The van der Waals surface area contributed by atoms with Gasteiger partial charge in [0.15, 0.2) is 5.51 Å². The molecule has 3 nitrogen and oxygen atoms in total. The molecule has 2 aromatic heterocycles. The van der Waals surface area contributed by atoms with Crippen LogP contribution in [0.5, 0.6) is 10.8 Å². The highest BCUT2D eigenvalue weighted by Crippen LogP contribution is 2.23. The van der Waals surface area contributed by atoms with Crippen LogP contribution in [0.1, 0.15) is 0 Å². The van der Waals surface area contributed by atoms with Crippen LogP contribution in [0.4, 0.5) is 4.39 Å². The average Bonchev–Trinajstić information content (AvgIpc) is 2.62. The van der Waals surface area contributed by atoms with Gasteiger partial charge in [-0.05, 0) is 12.1 Å². The zero-order valence-corrected chi connectivity index (χ0v) is 7.21. The van der Waals surface area contributed by atoms with Gasteiger partial charge < -0.3 is 4.74 Å². The summed E-state index contributed by atoms with van der Waals surface area (Å²) < 4.78 is 17.7. The predicted octanol–water partition coefficient (Wildman–Crippen LogP) is 2.27. The Morgan fingerprint density at radius 1 is 1.38 bits per heavy atom. The number of rotatable bonds is 2. The van der Waals surface area contributed by atoms with Gasteiger partial charge in [-0.1, -0.05) is 11.3 Å². The molecule has 5 heteroatoms. The molecule has 0 unspecified atom stereocenters. The molecule has 0 fully saturated rings. The summed E-state index contributed by atoms with van der Waals surface area (Å²) in [6.07, 6.45) is 2.85.